The van der Waals surface area contributed by atoms with Crippen molar-refractivity contribution in [3.8, 4) is 0 Å². The van der Waals surface area contributed by atoms with Crippen LogP contribution in [0.5, 0.6) is 0 Å². The van der Waals surface area contributed by atoms with E-state index in [0.717, 1.165) is 28.6 Å². The van der Waals surface area contributed by atoms with Crippen LogP contribution < -0.4 is 0 Å². The number of sulfonamides is 1. The third-order valence-corrected chi connectivity index (χ3v) is 5.97. The summed E-state index contributed by atoms with van der Waals surface area (Å²) in [6.07, 6.45) is -5.56. The topological polar surface area (TPSA) is 77.9 Å². The van der Waals surface area contributed by atoms with Crippen LogP contribution in [0.2, 0.25) is 0 Å². The molecule has 0 unspecified atom stereocenters. The van der Waals surface area contributed by atoms with Gasteiger partial charge in [-0.25, -0.2) is 13.2 Å². The van der Waals surface area contributed by atoms with Gasteiger partial charge in [-0.2, -0.15) is 17.5 Å². The van der Waals surface area contributed by atoms with Gasteiger partial charge in [0.1, 0.15) is 0 Å². The van der Waals surface area contributed by atoms with Gasteiger partial charge < -0.3 is 10.0 Å². The lowest BCUT2D eigenvalue weighted by Gasteiger charge is -2.58. The first-order valence-corrected chi connectivity index (χ1v) is 8.13. The molecule has 2 aliphatic rings. The van der Waals surface area contributed by atoms with E-state index in [0.29, 0.717) is 0 Å². The molecule has 0 saturated carbocycles. The molecule has 2 aliphatic heterocycles. The predicted molar refractivity (Wildman–Crippen MR) is 72.2 cm³/mol. The number of alkyl halides is 3. The van der Waals surface area contributed by atoms with E-state index in [1.54, 1.807) is 0 Å². The Kier molecular flexibility index (Phi) is 3.38. The molecule has 0 aliphatic carbocycles. The largest absolute Gasteiger partial charge is 0.465 e. The van der Waals surface area contributed by atoms with Crippen molar-refractivity contribution >= 4 is 16.1 Å². The number of amides is 1. The lowest BCUT2D eigenvalue weighted by molar-refractivity contribution is -0.137. The highest BCUT2D eigenvalue weighted by molar-refractivity contribution is 7.89. The SMILES string of the molecule is O=C(O)N1CC2(C1)CN(S(=O)(=O)c1ccc(C(F)(F)F)cc1)C2. The first kappa shape index (κ1) is 16.1. The second-order valence-corrected chi connectivity index (χ2v) is 7.87. The lowest BCUT2D eigenvalue weighted by Crippen LogP contribution is -2.73. The highest BCUT2D eigenvalue weighted by Crippen LogP contribution is 2.42. The van der Waals surface area contributed by atoms with Gasteiger partial charge in [-0.3, -0.25) is 0 Å². The van der Waals surface area contributed by atoms with Gasteiger partial charge in [-0.05, 0) is 24.3 Å². The van der Waals surface area contributed by atoms with E-state index in [1.165, 1.54) is 4.90 Å². The number of halogens is 3. The van der Waals surface area contributed by atoms with E-state index < -0.39 is 27.9 Å². The molecule has 0 aromatic heterocycles. The van der Waals surface area contributed by atoms with Crippen molar-refractivity contribution in [1.82, 2.24) is 9.21 Å². The van der Waals surface area contributed by atoms with Gasteiger partial charge in [-0.15, -0.1) is 0 Å². The summed E-state index contributed by atoms with van der Waals surface area (Å²) in [4.78, 5) is 11.7. The fourth-order valence-corrected chi connectivity index (χ4v) is 4.60. The van der Waals surface area contributed by atoms with Gasteiger partial charge in [-0.1, -0.05) is 0 Å². The summed E-state index contributed by atoms with van der Waals surface area (Å²) in [5.41, 5.74) is -1.26. The smallest absolute Gasteiger partial charge is 0.416 e. The Hall–Kier alpha value is -1.81. The average molecular weight is 350 g/mol. The number of carboxylic acid groups (broad SMARTS) is 1. The quantitative estimate of drug-likeness (QED) is 0.880. The van der Waals surface area contributed by atoms with E-state index in [4.69, 9.17) is 5.11 Å². The predicted octanol–water partition coefficient (Wildman–Crippen LogP) is 1.69. The van der Waals surface area contributed by atoms with Gasteiger partial charge >= 0.3 is 12.3 Å². The lowest BCUT2D eigenvalue weighted by atomic mass is 9.75. The molecule has 3 rings (SSSR count). The van der Waals surface area contributed by atoms with E-state index in [9.17, 15) is 26.4 Å². The maximum Gasteiger partial charge on any atom is 0.416 e. The molecule has 0 bridgehead atoms. The Morgan fingerprint density at radius 3 is 2.04 bits per heavy atom. The van der Waals surface area contributed by atoms with Gasteiger partial charge in [0.25, 0.3) is 0 Å². The normalized spacial score (nSPS) is 20.9. The second-order valence-electron chi connectivity index (χ2n) is 5.93. The average Bonchev–Trinajstić information content (AvgIpc) is 2.33. The number of likely N-dealkylation sites (tertiary alicyclic amines) is 1. The standard InChI is InChI=1S/C13H13F3N2O4S/c14-13(15,16)9-1-3-10(4-2-9)23(21,22)18-7-12(8-18)5-17(6-12)11(19)20/h1-4H,5-8H2,(H,19,20). The fourth-order valence-electron chi connectivity index (χ4n) is 2.94. The molecule has 1 spiro atoms. The van der Waals surface area contributed by atoms with Gasteiger partial charge in [0, 0.05) is 31.6 Å². The minimum atomic E-state index is -4.52. The molecule has 1 amide bonds. The highest BCUT2D eigenvalue weighted by atomic mass is 32.2. The second kappa shape index (κ2) is 4.84. The summed E-state index contributed by atoms with van der Waals surface area (Å²) in [6, 6.07) is 3.34. The number of hydrogen-bond donors (Lipinski definition) is 1. The van der Waals surface area contributed by atoms with Crippen LogP contribution in [-0.2, 0) is 16.2 Å². The number of benzene rings is 1. The van der Waals surface area contributed by atoms with Crippen LogP contribution in [0.15, 0.2) is 29.2 Å². The molecule has 2 fully saturated rings. The first-order chi connectivity index (χ1) is 10.5. The number of hydrogen-bond acceptors (Lipinski definition) is 3. The van der Waals surface area contributed by atoms with Crippen LogP contribution in [0.25, 0.3) is 0 Å². The summed E-state index contributed by atoms with van der Waals surface area (Å²) in [6.45, 7) is 0.920. The summed E-state index contributed by atoms with van der Waals surface area (Å²) in [5.74, 6) is 0. The summed E-state index contributed by atoms with van der Waals surface area (Å²) in [7, 11) is -3.85. The van der Waals surface area contributed by atoms with Crippen LogP contribution in [0, 0.1) is 5.41 Å². The molecule has 1 aromatic rings. The van der Waals surface area contributed by atoms with Crippen LogP contribution in [0.1, 0.15) is 5.56 Å². The molecule has 1 N–H and O–H groups in total. The zero-order valence-electron chi connectivity index (χ0n) is 11.7. The van der Waals surface area contributed by atoms with Crippen LogP contribution in [0.3, 0.4) is 0 Å². The van der Waals surface area contributed by atoms with Crippen molar-refractivity contribution in [1.29, 1.82) is 0 Å². The third-order valence-electron chi connectivity index (χ3n) is 4.17. The van der Waals surface area contributed by atoms with Crippen molar-refractivity contribution in [2.24, 2.45) is 5.41 Å². The van der Waals surface area contributed by atoms with Crippen molar-refractivity contribution in [3.63, 3.8) is 0 Å². The molecular formula is C13H13F3N2O4S. The molecule has 126 valence electrons. The Balaban J connectivity index is 1.68. The molecule has 10 heteroatoms. The molecule has 0 atom stereocenters. The molecule has 2 heterocycles. The monoisotopic (exact) mass is 350 g/mol. The molecule has 0 radical (unpaired) electrons. The summed E-state index contributed by atoms with van der Waals surface area (Å²) >= 11 is 0. The Bertz CT molecular complexity index is 731. The van der Waals surface area contributed by atoms with E-state index in [-0.39, 0.29) is 36.5 Å². The molecule has 6 nitrogen and oxygen atoms in total. The minimum absolute atomic E-state index is 0.181. The van der Waals surface area contributed by atoms with Crippen LogP contribution in [0.4, 0.5) is 18.0 Å². The summed E-state index contributed by atoms with van der Waals surface area (Å²) < 4.78 is 63.3. The highest BCUT2D eigenvalue weighted by Gasteiger charge is 2.56. The van der Waals surface area contributed by atoms with Crippen molar-refractivity contribution < 1.29 is 31.5 Å². The zero-order chi connectivity index (χ0) is 17.0. The van der Waals surface area contributed by atoms with Crippen molar-refractivity contribution in [2.75, 3.05) is 26.2 Å². The third kappa shape index (κ3) is 2.65. The Morgan fingerprint density at radius 1 is 1.09 bits per heavy atom. The van der Waals surface area contributed by atoms with E-state index in [1.807, 2.05) is 0 Å². The Morgan fingerprint density at radius 2 is 1.61 bits per heavy atom. The fraction of sp³-hybridized carbons (Fsp3) is 0.462. The maximum atomic E-state index is 12.5. The van der Waals surface area contributed by atoms with Gasteiger partial charge in [0.2, 0.25) is 10.0 Å². The van der Waals surface area contributed by atoms with Gasteiger partial charge in [0.15, 0.2) is 0 Å². The van der Waals surface area contributed by atoms with E-state index >= 15 is 0 Å². The van der Waals surface area contributed by atoms with E-state index in [2.05, 4.69) is 0 Å². The van der Waals surface area contributed by atoms with Gasteiger partial charge in [0.05, 0.1) is 10.5 Å². The minimum Gasteiger partial charge on any atom is -0.465 e. The Labute approximate surface area is 130 Å². The van der Waals surface area contributed by atoms with Crippen molar-refractivity contribution in [3.05, 3.63) is 29.8 Å². The maximum absolute atomic E-state index is 12.5. The first-order valence-electron chi connectivity index (χ1n) is 6.69. The number of nitrogens with zero attached hydrogens (tertiary/aromatic N) is 2. The molecular weight excluding hydrogens is 337 g/mol. The molecule has 23 heavy (non-hydrogen) atoms. The number of rotatable bonds is 2. The molecule has 2 saturated heterocycles. The van der Waals surface area contributed by atoms with Crippen LogP contribution in [-0.4, -0.2) is 55.0 Å². The molecule has 1 aromatic carbocycles. The summed E-state index contributed by atoms with van der Waals surface area (Å²) in [5, 5.41) is 8.78. The van der Waals surface area contributed by atoms with Crippen LogP contribution >= 0.6 is 0 Å². The zero-order valence-corrected chi connectivity index (χ0v) is 12.6. The number of carbonyl (C=O) groups is 1. The van der Waals surface area contributed by atoms with Crippen molar-refractivity contribution in [2.45, 2.75) is 11.1 Å².